The van der Waals surface area contributed by atoms with E-state index >= 15 is 0 Å². The normalized spacial score (nSPS) is 16.5. The summed E-state index contributed by atoms with van der Waals surface area (Å²) in [6.45, 7) is 8.03. The van der Waals surface area contributed by atoms with Crippen LogP contribution in [0.25, 0.3) is 11.4 Å². The van der Waals surface area contributed by atoms with E-state index in [1.165, 1.54) is 5.56 Å². The van der Waals surface area contributed by atoms with Crippen molar-refractivity contribution < 1.29 is 9.45 Å². The Labute approximate surface area is 175 Å². The summed E-state index contributed by atoms with van der Waals surface area (Å²) >= 11 is 0. The summed E-state index contributed by atoms with van der Waals surface area (Å²) in [4.78, 5) is 20.1. The van der Waals surface area contributed by atoms with Crippen molar-refractivity contribution in [2.75, 3.05) is 26.2 Å². The number of nitro groups is 1. The summed E-state index contributed by atoms with van der Waals surface area (Å²) in [6, 6.07) is 15.0. The molecule has 2 heterocycles. The predicted octanol–water partition coefficient (Wildman–Crippen LogP) is 3.83. The molecule has 1 saturated heterocycles. The molecule has 0 spiro atoms. The molecular formula is C22H25N5O3. The zero-order chi connectivity index (χ0) is 21.1. The van der Waals surface area contributed by atoms with Crippen molar-refractivity contribution in [1.82, 2.24) is 19.9 Å². The number of hydrogen-bond acceptors (Lipinski definition) is 7. The molecule has 0 saturated carbocycles. The van der Waals surface area contributed by atoms with Crippen molar-refractivity contribution in [3.63, 3.8) is 0 Å². The number of para-hydroxylation sites is 1. The number of nitro benzene ring substituents is 1. The van der Waals surface area contributed by atoms with Gasteiger partial charge in [-0.25, -0.2) is 0 Å². The van der Waals surface area contributed by atoms with Gasteiger partial charge in [-0.2, -0.15) is 4.98 Å². The Hall–Kier alpha value is -3.10. The van der Waals surface area contributed by atoms with Crippen LogP contribution in [-0.4, -0.2) is 51.0 Å². The molecule has 0 radical (unpaired) electrons. The van der Waals surface area contributed by atoms with Gasteiger partial charge >= 0.3 is 0 Å². The van der Waals surface area contributed by atoms with Crippen molar-refractivity contribution in [2.24, 2.45) is 0 Å². The van der Waals surface area contributed by atoms with E-state index in [1.807, 2.05) is 43.3 Å². The van der Waals surface area contributed by atoms with Gasteiger partial charge in [-0.15, -0.1) is 0 Å². The molecule has 1 fully saturated rings. The zero-order valence-corrected chi connectivity index (χ0v) is 17.2. The molecule has 0 aliphatic carbocycles. The molecule has 1 aromatic heterocycles. The predicted molar refractivity (Wildman–Crippen MR) is 113 cm³/mol. The van der Waals surface area contributed by atoms with Gasteiger partial charge in [0, 0.05) is 49.9 Å². The van der Waals surface area contributed by atoms with Gasteiger partial charge in [0.2, 0.25) is 11.7 Å². The summed E-state index contributed by atoms with van der Waals surface area (Å²) < 4.78 is 5.54. The first-order valence-electron chi connectivity index (χ1n) is 10.1. The van der Waals surface area contributed by atoms with Crippen LogP contribution in [0.2, 0.25) is 0 Å². The monoisotopic (exact) mass is 407 g/mol. The quantitative estimate of drug-likeness (QED) is 0.453. The molecule has 0 N–H and O–H groups in total. The topological polar surface area (TPSA) is 88.5 Å². The van der Waals surface area contributed by atoms with Gasteiger partial charge in [-0.05, 0) is 13.8 Å². The van der Waals surface area contributed by atoms with E-state index in [0.29, 0.717) is 18.3 Å². The highest BCUT2D eigenvalue weighted by Gasteiger charge is 2.27. The lowest BCUT2D eigenvalue weighted by molar-refractivity contribution is -0.385. The van der Waals surface area contributed by atoms with Crippen LogP contribution < -0.4 is 0 Å². The molecule has 0 unspecified atom stereocenters. The summed E-state index contributed by atoms with van der Waals surface area (Å²) in [7, 11) is 0. The molecule has 156 valence electrons. The number of nitrogens with zero attached hydrogens (tertiary/aromatic N) is 5. The smallest absolute Gasteiger partial charge is 0.273 e. The van der Waals surface area contributed by atoms with E-state index in [1.54, 1.807) is 12.1 Å². The summed E-state index contributed by atoms with van der Waals surface area (Å²) in [5.74, 6) is 1.21. The van der Waals surface area contributed by atoms with Gasteiger partial charge in [-0.3, -0.25) is 19.9 Å². The molecule has 1 atom stereocenters. The van der Waals surface area contributed by atoms with Gasteiger partial charge in [0.1, 0.15) is 0 Å². The summed E-state index contributed by atoms with van der Waals surface area (Å²) in [6.07, 6.45) is 0. The molecule has 30 heavy (non-hydrogen) atoms. The van der Waals surface area contributed by atoms with Crippen LogP contribution in [0.5, 0.6) is 0 Å². The lowest BCUT2D eigenvalue weighted by atomic mass is 10.1. The van der Waals surface area contributed by atoms with Crippen LogP contribution in [0, 0.1) is 17.0 Å². The highest BCUT2D eigenvalue weighted by molar-refractivity contribution is 5.54. The van der Waals surface area contributed by atoms with Gasteiger partial charge in [0.15, 0.2) is 0 Å². The van der Waals surface area contributed by atoms with Crippen LogP contribution in [0.15, 0.2) is 53.1 Å². The molecule has 0 bridgehead atoms. The van der Waals surface area contributed by atoms with E-state index in [2.05, 4.69) is 26.9 Å². The van der Waals surface area contributed by atoms with Crippen LogP contribution >= 0.6 is 0 Å². The van der Waals surface area contributed by atoms with Crippen LogP contribution in [0.1, 0.15) is 30.0 Å². The Morgan fingerprint density at radius 3 is 2.50 bits per heavy atom. The fraction of sp³-hybridized carbons (Fsp3) is 0.364. The Kier molecular flexibility index (Phi) is 5.87. The van der Waals surface area contributed by atoms with Crippen molar-refractivity contribution in [3.05, 3.63) is 75.7 Å². The minimum atomic E-state index is -0.311. The third kappa shape index (κ3) is 4.39. The number of hydrogen-bond donors (Lipinski definition) is 0. The van der Waals surface area contributed by atoms with Gasteiger partial charge < -0.3 is 4.52 Å². The third-order valence-corrected chi connectivity index (χ3v) is 5.65. The maximum absolute atomic E-state index is 11.2. The zero-order valence-electron chi connectivity index (χ0n) is 17.2. The number of benzene rings is 2. The Morgan fingerprint density at radius 1 is 1.10 bits per heavy atom. The molecule has 3 aromatic rings. The number of piperazine rings is 1. The molecule has 2 aromatic carbocycles. The first-order chi connectivity index (χ1) is 14.5. The number of aryl methyl sites for hydroxylation is 1. The van der Waals surface area contributed by atoms with Crippen LogP contribution in [0.4, 0.5) is 5.69 Å². The maximum Gasteiger partial charge on any atom is 0.273 e. The van der Waals surface area contributed by atoms with E-state index in [9.17, 15) is 10.1 Å². The highest BCUT2D eigenvalue weighted by atomic mass is 16.6. The molecular weight excluding hydrogens is 382 g/mol. The van der Waals surface area contributed by atoms with Crippen molar-refractivity contribution in [3.8, 4) is 11.4 Å². The molecule has 1 aliphatic rings. The standard InChI is InChI=1S/C22H25N5O3/c1-16-7-9-18(10-8-16)21-23-22(30-24-21)17(2)26-13-11-25(12-14-26)15-19-5-3-4-6-20(19)27(28)29/h3-10,17H,11-15H2,1-2H3/t17-/m0/s1. The second kappa shape index (κ2) is 8.73. The van der Waals surface area contributed by atoms with Crippen molar-refractivity contribution in [2.45, 2.75) is 26.4 Å². The first-order valence-corrected chi connectivity index (χ1v) is 10.1. The Morgan fingerprint density at radius 2 is 1.80 bits per heavy atom. The summed E-state index contributed by atoms with van der Waals surface area (Å²) in [5.41, 5.74) is 3.07. The second-order valence-electron chi connectivity index (χ2n) is 7.70. The third-order valence-electron chi connectivity index (χ3n) is 5.65. The second-order valence-corrected chi connectivity index (χ2v) is 7.70. The number of rotatable bonds is 6. The fourth-order valence-electron chi connectivity index (χ4n) is 3.75. The Bertz CT molecular complexity index is 1010. The molecule has 0 amide bonds. The van der Waals surface area contributed by atoms with Crippen molar-refractivity contribution in [1.29, 1.82) is 0 Å². The minimum Gasteiger partial charge on any atom is -0.337 e. The van der Waals surface area contributed by atoms with Gasteiger partial charge in [0.05, 0.1) is 11.0 Å². The lowest BCUT2D eigenvalue weighted by Crippen LogP contribution is -2.46. The van der Waals surface area contributed by atoms with Crippen LogP contribution in [-0.2, 0) is 6.54 Å². The van der Waals surface area contributed by atoms with E-state index < -0.39 is 0 Å². The lowest BCUT2D eigenvalue weighted by Gasteiger charge is -2.36. The van der Waals surface area contributed by atoms with E-state index in [-0.39, 0.29) is 16.7 Å². The maximum atomic E-state index is 11.2. The van der Waals surface area contributed by atoms with Crippen LogP contribution in [0.3, 0.4) is 0 Å². The highest BCUT2D eigenvalue weighted by Crippen LogP contribution is 2.25. The molecule has 4 rings (SSSR count). The average molecular weight is 407 g/mol. The summed E-state index contributed by atoms with van der Waals surface area (Å²) in [5, 5.41) is 15.4. The largest absolute Gasteiger partial charge is 0.337 e. The molecule has 1 aliphatic heterocycles. The average Bonchev–Trinajstić information content (AvgIpc) is 3.25. The van der Waals surface area contributed by atoms with Gasteiger partial charge in [-0.1, -0.05) is 53.2 Å². The SMILES string of the molecule is Cc1ccc(-c2noc([C@H](C)N3CCN(Cc4ccccc4[N+](=O)[O-])CC3)n2)cc1. The van der Waals surface area contributed by atoms with E-state index in [0.717, 1.165) is 37.3 Å². The van der Waals surface area contributed by atoms with E-state index in [4.69, 9.17) is 4.52 Å². The van der Waals surface area contributed by atoms with Gasteiger partial charge in [0.25, 0.3) is 5.69 Å². The Balaban J connectivity index is 1.36. The molecule has 8 heteroatoms. The minimum absolute atomic E-state index is 0.0184. The first kappa shape index (κ1) is 20.2. The molecule has 8 nitrogen and oxygen atoms in total. The fourth-order valence-corrected chi connectivity index (χ4v) is 3.75. The van der Waals surface area contributed by atoms with Crippen molar-refractivity contribution >= 4 is 5.69 Å². The number of aromatic nitrogens is 2.